The van der Waals surface area contributed by atoms with E-state index in [0.717, 1.165) is 28.4 Å². The van der Waals surface area contributed by atoms with E-state index in [4.69, 9.17) is 9.47 Å². The van der Waals surface area contributed by atoms with E-state index in [0.29, 0.717) is 37.4 Å². The first kappa shape index (κ1) is 25.7. The molecule has 174 valence electrons. The van der Waals surface area contributed by atoms with Gasteiger partial charge in [0.25, 0.3) is 0 Å². The molecule has 0 bridgehead atoms. The Bertz CT molecular complexity index is 886. The van der Waals surface area contributed by atoms with Crippen molar-refractivity contribution in [1.82, 2.24) is 10.2 Å². The molecule has 1 atom stereocenters. The lowest BCUT2D eigenvalue weighted by molar-refractivity contribution is -0.140. The summed E-state index contributed by atoms with van der Waals surface area (Å²) >= 11 is 3.44. The summed E-state index contributed by atoms with van der Waals surface area (Å²) in [7, 11) is 3.18. The van der Waals surface area contributed by atoms with Gasteiger partial charge >= 0.3 is 0 Å². The Morgan fingerprint density at radius 3 is 2.31 bits per heavy atom. The van der Waals surface area contributed by atoms with Crippen LogP contribution in [-0.4, -0.2) is 43.5 Å². The minimum absolute atomic E-state index is 0.0687. The Morgan fingerprint density at radius 1 is 1.03 bits per heavy atom. The van der Waals surface area contributed by atoms with Crippen molar-refractivity contribution in [2.45, 2.75) is 52.1 Å². The molecular formula is C25H33BrN2O4. The standard InChI is InChI=1S/C25H33BrN2O4/c1-5-6-15-27-25(30)18(2)28(17-20-7-11-21(26)12-8-20)24(29)14-10-19-9-13-22(31-3)23(16-19)32-4/h7-9,11-13,16,18H,5-6,10,14-15,17H2,1-4H3,(H,27,30). The number of carbonyl (C=O) groups excluding carboxylic acids is 2. The van der Waals surface area contributed by atoms with E-state index in [9.17, 15) is 9.59 Å². The zero-order chi connectivity index (χ0) is 23.5. The number of hydrogen-bond acceptors (Lipinski definition) is 4. The fraction of sp³-hybridized carbons (Fsp3) is 0.440. The first-order chi connectivity index (χ1) is 15.4. The van der Waals surface area contributed by atoms with Gasteiger partial charge in [-0.15, -0.1) is 0 Å². The van der Waals surface area contributed by atoms with Crippen molar-refractivity contribution < 1.29 is 19.1 Å². The van der Waals surface area contributed by atoms with E-state index in [2.05, 4.69) is 28.2 Å². The molecule has 2 rings (SSSR count). The summed E-state index contributed by atoms with van der Waals surface area (Å²) in [4.78, 5) is 27.6. The Morgan fingerprint density at radius 2 is 1.69 bits per heavy atom. The smallest absolute Gasteiger partial charge is 0.242 e. The summed E-state index contributed by atoms with van der Waals surface area (Å²) < 4.78 is 11.6. The van der Waals surface area contributed by atoms with Crippen LogP contribution in [0.5, 0.6) is 11.5 Å². The van der Waals surface area contributed by atoms with E-state index in [-0.39, 0.29) is 11.8 Å². The maximum Gasteiger partial charge on any atom is 0.242 e. The van der Waals surface area contributed by atoms with Crippen LogP contribution in [0.2, 0.25) is 0 Å². The Labute approximate surface area is 199 Å². The molecule has 1 N–H and O–H groups in total. The minimum Gasteiger partial charge on any atom is -0.493 e. The van der Waals surface area contributed by atoms with Crippen molar-refractivity contribution in [1.29, 1.82) is 0 Å². The van der Waals surface area contributed by atoms with Gasteiger partial charge in [0.05, 0.1) is 14.2 Å². The quantitative estimate of drug-likeness (QED) is 0.424. The van der Waals surface area contributed by atoms with Gasteiger partial charge in [-0.2, -0.15) is 0 Å². The molecule has 0 spiro atoms. The van der Waals surface area contributed by atoms with Crippen LogP contribution in [0, 0.1) is 0 Å². The molecule has 6 nitrogen and oxygen atoms in total. The van der Waals surface area contributed by atoms with Crippen LogP contribution in [-0.2, 0) is 22.6 Å². The maximum absolute atomic E-state index is 13.2. The monoisotopic (exact) mass is 504 g/mol. The number of aryl methyl sites for hydroxylation is 1. The van der Waals surface area contributed by atoms with Gasteiger partial charge in [-0.25, -0.2) is 0 Å². The average Bonchev–Trinajstić information content (AvgIpc) is 2.81. The number of halogens is 1. The lowest BCUT2D eigenvalue weighted by Crippen LogP contribution is -2.47. The molecule has 0 heterocycles. The van der Waals surface area contributed by atoms with Crippen molar-refractivity contribution >= 4 is 27.7 Å². The highest BCUT2D eigenvalue weighted by Gasteiger charge is 2.25. The predicted octanol–water partition coefficient (Wildman–Crippen LogP) is 4.73. The SMILES string of the molecule is CCCCNC(=O)C(C)N(Cc1ccc(Br)cc1)C(=O)CCc1ccc(OC)c(OC)c1. The number of rotatable bonds is 12. The summed E-state index contributed by atoms with van der Waals surface area (Å²) in [6.45, 7) is 4.85. The molecule has 2 amide bonds. The summed E-state index contributed by atoms with van der Waals surface area (Å²) in [5.74, 6) is 1.08. The van der Waals surface area contributed by atoms with Gasteiger partial charge in [0.1, 0.15) is 6.04 Å². The average molecular weight is 505 g/mol. The molecule has 2 aromatic rings. The van der Waals surface area contributed by atoms with Crippen molar-refractivity contribution in [3.8, 4) is 11.5 Å². The predicted molar refractivity (Wildman–Crippen MR) is 130 cm³/mol. The molecule has 0 radical (unpaired) electrons. The molecule has 1 unspecified atom stereocenters. The lowest BCUT2D eigenvalue weighted by Gasteiger charge is -2.29. The van der Waals surface area contributed by atoms with Crippen LogP contribution in [0.1, 0.15) is 44.2 Å². The third-order valence-corrected chi connectivity index (χ3v) is 5.87. The van der Waals surface area contributed by atoms with Gasteiger partial charge in [0.2, 0.25) is 11.8 Å². The zero-order valence-electron chi connectivity index (χ0n) is 19.3. The van der Waals surface area contributed by atoms with E-state index >= 15 is 0 Å². The summed E-state index contributed by atoms with van der Waals surface area (Å²) in [5.41, 5.74) is 1.94. The van der Waals surface area contributed by atoms with Gasteiger partial charge in [-0.3, -0.25) is 9.59 Å². The second kappa shape index (κ2) is 13.1. The zero-order valence-corrected chi connectivity index (χ0v) is 20.9. The molecular weight excluding hydrogens is 472 g/mol. The molecule has 0 saturated carbocycles. The van der Waals surface area contributed by atoms with Crippen LogP contribution >= 0.6 is 15.9 Å². The minimum atomic E-state index is -0.562. The summed E-state index contributed by atoms with van der Waals surface area (Å²) in [6.07, 6.45) is 2.75. The first-order valence-electron chi connectivity index (χ1n) is 10.9. The van der Waals surface area contributed by atoms with E-state index < -0.39 is 6.04 Å². The van der Waals surface area contributed by atoms with Crippen LogP contribution in [0.3, 0.4) is 0 Å². The number of amides is 2. The second-order valence-corrected chi connectivity index (χ2v) is 8.57. The Balaban J connectivity index is 2.13. The second-order valence-electron chi connectivity index (χ2n) is 7.66. The third kappa shape index (κ3) is 7.55. The van der Waals surface area contributed by atoms with Crippen LogP contribution < -0.4 is 14.8 Å². The molecule has 0 aliphatic rings. The Hall–Kier alpha value is -2.54. The molecule has 0 fully saturated rings. The number of methoxy groups -OCH3 is 2. The topological polar surface area (TPSA) is 67.9 Å². The third-order valence-electron chi connectivity index (χ3n) is 5.34. The number of benzene rings is 2. The van der Waals surface area contributed by atoms with Crippen molar-refractivity contribution in [2.24, 2.45) is 0 Å². The van der Waals surface area contributed by atoms with Gasteiger partial charge in [-0.05, 0) is 55.2 Å². The number of ether oxygens (including phenoxy) is 2. The lowest BCUT2D eigenvalue weighted by atomic mass is 10.1. The fourth-order valence-corrected chi connectivity index (χ4v) is 3.60. The number of unbranched alkanes of at least 4 members (excludes halogenated alkanes) is 1. The van der Waals surface area contributed by atoms with E-state index in [1.54, 1.807) is 26.0 Å². The molecule has 0 saturated heterocycles. The van der Waals surface area contributed by atoms with Gasteiger partial charge < -0.3 is 19.7 Å². The number of nitrogens with one attached hydrogen (secondary N) is 1. The van der Waals surface area contributed by atoms with Crippen molar-refractivity contribution in [3.63, 3.8) is 0 Å². The largest absolute Gasteiger partial charge is 0.493 e. The number of nitrogens with zero attached hydrogens (tertiary/aromatic N) is 1. The van der Waals surface area contributed by atoms with E-state index in [1.807, 2.05) is 42.5 Å². The molecule has 0 aliphatic heterocycles. The Kier molecular flexibility index (Phi) is 10.5. The van der Waals surface area contributed by atoms with Gasteiger partial charge in [0, 0.05) is 24.0 Å². The molecule has 2 aromatic carbocycles. The fourth-order valence-electron chi connectivity index (χ4n) is 3.34. The van der Waals surface area contributed by atoms with Crippen LogP contribution in [0.4, 0.5) is 0 Å². The number of hydrogen-bond donors (Lipinski definition) is 1. The summed E-state index contributed by atoms with van der Waals surface area (Å²) in [5, 5.41) is 2.94. The highest BCUT2D eigenvalue weighted by Crippen LogP contribution is 2.28. The number of carbonyl (C=O) groups is 2. The van der Waals surface area contributed by atoms with E-state index in [1.165, 1.54) is 0 Å². The molecule has 0 aliphatic carbocycles. The molecule has 0 aromatic heterocycles. The highest BCUT2D eigenvalue weighted by atomic mass is 79.9. The van der Waals surface area contributed by atoms with Gasteiger partial charge in [-0.1, -0.05) is 47.5 Å². The molecule has 32 heavy (non-hydrogen) atoms. The molecule has 7 heteroatoms. The first-order valence-corrected chi connectivity index (χ1v) is 11.7. The van der Waals surface area contributed by atoms with Crippen molar-refractivity contribution in [3.05, 3.63) is 58.1 Å². The normalized spacial score (nSPS) is 11.5. The van der Waals surface area contributed by atoms with Crippen LogP contribution in [0.25, 0.3) is 0 Å². The van der Waals surface area contributed by atoms with Gasteiger partial charge in [0.15, 0.2) is 11.5 Å². The van der Waals surface area contributed by atoms with Crippen molar-refractivity contribution in [2.75, 3.05) is 20.8 Å². The summed E-state index contributed by atoms with van der Waals surface area (Å²) in [6, 6.07) is 12.9. The van der Waals surface area contributed by atoms with Crippen LogP contribution in [0.15, 0.2) is 46.9 Å². The highest BCUT2D eigenvalue weighted by molar-refractivity contribution is 9.10. The maximum atomic E-state index is 13.2.